The summed E-state index contributed by atoms with van der Waals surface area (Å²) < 4.78 is 5.88. The molecule has 2 saturated heterocycles. The molecule has 0 aliphatic carbocycles. The largest absolute Gasteiger partial charge is 0.371 e. The molecule has 2 fully saturated rings. The smallest absolute Gasteiger partial charge is 0.255 e. The number of halogens is 1. The highest BCUT2D eigenvalue weighted by Gasteiger charge is 2.27. The van der Waals surface area contributed by atoms with Crippen LogP contribution in [0.2, 0.25) is 5.02 Å². The monoisotopic (exact) mass is 398 g/mol. The summed E-state index contributed by atoms with van der Waals surface area (Å²) in [7, 11) is 0. The van der Waals surface area contributed by atoms with Gasteiger partial charge in [0.25, 0.3) is 5.91 Å². The maximum absolute atomic E-state index is 13.1. The summed E-state index contributed by atoms with van der Waals surface area (Å²) in [4.78, 5) is 17.3. The highest BCUT2D eigenvalue weighted by atomic mass is 35.5. The molecular weight excluding hydrogens is 372 g/mol. The first-order chi connectivity index (χ1) is 13.6. The van der Waals surface area contributed by atoms with Crippen LogP contribution >= 0.6 is 11.6 Å². The second-order valence-electron chi connectivity index (χ2n) is 7.86. The van der Waals surface area contributed by atoms with Crippen molar-refractivity contribution >= 4 is 23.2 Å². The number of piperidine rings is 1. The van der Waals surface area contributed by atoms with Gasteiger partial charge in [0.05, 0.1) is 23.7 Å². The minimum Gasteiger partial charge on any atom is -0.371 e. The molecule has 2 aliphatic rings. The van der Waals surface area contributed by atoms with Crippen LogP contribution in [0.15, 0.2) is 48.5 Å². The van der Waals surface area contributed by atoms with Crippen molar-refractivity contribution in [1.29, 1.82) is 0 Å². The van der Waals surface area contributed by atoms with E-state index in [2.05, 4.69) is 11.8 Å². The van der Waals surface area contributed by atoms with E-state index in [1.165, 1.54) is 12.8 Å². The number of rotatable bonds is 3. The quantitative estimate of drug-likeness (QED) is 0.745. The Bertz CT molecular complexity index is 819. The average Bonchev–Trinajstić information content (AvgIpc) is 2.74. The van der Waals surface area contributed by atoms with Crippen molar-refractivity contribution < 1.29 is 9.53 Å². The van der Waals surface area contributed by atoms with Crippen molar-refractivity contribution in [3.05, 3.63) is 64.7 Å². The van der Waals surface area contributed by atoms with Gasteiger partial charge in [-0.05, 0) is 42.5 Å². The molecule has 0 bridgehead atoms. The third-order valence-corrected chi connectivity index (χ3v) is 6.17. The summed E-state index contributed by atoms with van der Waals surface area (Å²) in [5.74, 6) is 0.763. The minimum atomic E-state index is -0.0905. The lowest BCUT2D eigenvalue weighted by atomic mass is 9.98. The second-order valence-corrected chi connectivity index (χ2v) is 8.26. The minimum absolute atomic E-state index is 0.0203. The van der Waals surface area contributed by atoms with E-state index >= 15 is 0 Å². The predicted molar refractivity (Wildman–Crippen MR) is 113 cm³/mol. The number of amides is 1. The molecule has 0 radical (unpaired) electrons. The van der Waals surface area contributed by atoms with Crippen LogP contribution in [0, 0.1) is 5.92 Å². The first-order valence-electron chi connectivity index (χ1n) is 10.1. The lowest BCUT2D eigenvalue weighted by Crippen LogP contribution is -2.42. The number of carbonyl (C=O) groups is 1. The number of hydrogen-bond acceptors (Lipinski definition) is 3. The number of ether oxygens (including phenoxy) is 1. The van der Waals surface area contributed by atoms with Gasteiger partial charge in [0.15, 0.2) is 0 Å². The van der Waals surface area contributed by atoms with Crippen molar-refractivity contribution in [2.45, 2.75) is 25.9 Å². The Kier molecular flexibility index (Phi) is 5.88. The zero-order valence-electron chi connectivity index (χ0n) is 16.3. The summed E-state index contributed by atoms with van der Waals surface area (Å²) in [5.41, 5.74) is 2.78. The van der Waals surface area contributed by atoms with Crippen LogP contribution in [-0.4, -0.2) is 43.6 Å². The Morgan fingerprint density at radius 2 is 1.82 bits per heavy atom. The average molecular weight is 399 g/mol. The van der Waals surface area contributed by atoms with Crippen LogP contribution in [0.1, 0.15) is 41.8 Å². The van der Waals surface area contributed by atoms with Crippen molar-refractivity contribution in [3.63, 3.8) is 0 Å². The van der Waals surface area contributed by atoms with E-state index in [-0.39, 0.29) is 12.0 Å². The van der Waals surface area contributed by atoms with Crippen LogP contribution < -0.4 is 4.90 Å². The fourth-order valence-corrected chi connectivity index (χ4v) is 4.27. The Balaban J connectivity index is 1.47. The van der Waals surface area contributed by atoms with Crippen molar-refractivity contribution in [3.8, 4) is 0 Å². The van der Waals surface area contributed by atoms with E-state index in [4.69, 9.17) is 16.3 Å². The molecule has 2 heterocycles. The van der Waals surface area contributed by atoms with E-state index in [1.807, 2.05) is 53.4 Å². The van der Waals surface area contributed by atoms with Gasteiger partial charge in [0.2, 0.25) is 0 Å². The SMILES string of the molecule is CC1CCN(c2ccc(C(=O)N3CCO[C@@H](c4ccccc4)C3)c(Cl)c2)CC1. The van der Waals surface area contributed by atoms with Gasteiger partial charge in [-0.2, -0.15) is 0 Å². The third-order valence-electron chi connectivity index (χ3n) is 5.86. The fraction of sp³-hybridized carbons (Fsp3) is 0.435. The zero-order valence-corrected chi connectivity index (χ0v) is 17.1. The van der Waals surface area contributed by atoms with E-state index < -0.39 is 0 Å². The lowest BCUT2D eigenvalue weighted by Gasteiger charge is -2.34. The van der Waals surface area contributed by atoms with Gasteiger partial charge in [0.1, 0.15) is 6.10 Å². The molecular formula is C23H27ClN2O2. The Hall–Kier alpha value is -2.04. The first kappa shape index (κ1) is 19.3. The summed E-state index contributed by atoms with van der Waals surface area (Å²) in [5, 5.41) is 0.531. The number of nitrogens with zero attached hydrogens (tertiary/aromatic N) is 2. The molecule has 2 aromatic rings. The highest BCUT2D eigenvalue weighted by Crippen LogP contribution is 2.29. The van der Waals surface area contributed by atoms with Gasteiger partial charge >= 0.3 is 0 Å². The lowest BCUT2D eigenvalue weighted by molar-refractivity contribution is -0.0228. The second kappa shape index (κ2) is 8.54. The van der Waals surface area contributed by atoms with E-state index in [9.17, 15) is 4.79 Å². The summed E-state index contributed by atoms with van der Waals surface area (Å²) in [6.07, 6.45) is 2.31. The molecule has 4 nitrogen and oxygen atoms in total. The number of morpholine rings is 1. The normalized spacial score (nSPS) is 21.0. The fourth-order valence-electron chi connectivity index (χ4n) is 4.01. The van der Waals surface area contributed by atoms with Gasteiger partial charge in [-0.15, -0.1) is 0 Å². The first-order valence-corrected chi connectivity index (χ1v) is 10.5. The third kappa shape index (κ3) is 4.18. The number of hydrogen-bond donors (Lipinski definition) is 0. The number of carbonyl (C=O) groups excluding carboxylic acids is 1. The molecule has 0 unspecified atom stereocenters. The molecule has 28 heavy (non-hydrogen) atoms. The Labute approximate surface area is 172 Å². The number of benzene rings is 2. The molecule has 0 spiro atoms. The molecule has 2 aliphatic heterocycles. The molecule has 1 amide bonds. The van der Waals surface area contributed by atoms with Gasteiger partial charge in [-0.1, -0.05) is 48.9 Å². The van der Waals surface area contributed by atoms with E-state index in [1.54, 1.807) is 0 Å². The molecule has 1 atom stereocenters. The predicted octanol–water partition coefficient (Wildman–Crippen LogP) is 4.79. The van der Waals surface area contributed by atoms with Crippen molar-refractivity contribution in [1.82, 2.24) is 4.90 Å². The van der Waals surface area contributed by atoms with Crippen LogP contribution in [-0.2, 0) is 4.74 Å². The molecule has 0 aromatic heterocycles. The van der Waals surface area contributed by atoms with Crippen LogP contribution in [0.25, 0.3) is 0 Å². The molecule has 0 N–H and O–H groups in total. The van der Waals surface area contributed by atoms with Crippen LogP contribution in [0.4, 0.5) is 5.69 Å². The molecule has 148 valence electrons. The maximum atomic E-state index is 13.1. The number of anilines is 1. The van der Waals surface area contributed by atoms with Crippen LogP contribution in [0.5, 0.6) is 0 Å². The zero-order chi connectivity index (χ0) is 19.5. The standard InChI is InChI=1S/C23H27ClN2O2/c1-17-9-11-25(12-10-17)19-7-8-20(21(24)15-19)23(27)26-13-14-28-22(16-26)18-5-3-2-4-6-18/h2-8,15,17,22H,9-14,16H2,1H3/t22-/m1/s1. The Morgan fingerprint density at radius 1 is 1.07 bits per heavy atom. The summed E-state index contributed by atoms with van der Waals surface area (Å²) >= 11 is 6.54. The van der Waals surface area contributed by atoms with Crippen molar-refractivity contribution in [2.75, 3.05) is 37.7 Å². The van der Waals surface area contributed by atoms with E-state index in [0.29, 0.717) is 30.3 Å². The molecule has 4 rings (SSSR count). The van der Waals surface area contributed by atoms with Gasteiger partial charge in [-0.3, -0.25) is 4.79 Å². The summed E-state index contributed by atoms with van der Waals surface area (Å²) in [6.45, 7) is 6.07. The van der Waals surface area contributed by atoms with Gasteiger partial charge in [-0.25, -0.2) is 0 Å². The van der Waals surface area contributed by atoms with E-state index in [0.717, 1.165) is 30.3 Å². The topological polar surface area (TPSA) is 32.8 Å². The molecule has 5 heteroatoms. The van der Waals surface area contributed by atoms with Crippen LogP contribution in [0.3, 0.4) is 0 Å². The molecule has 0 saturated carbocycles. The van der Waals surface area contributed by atoms with Gasteiger partial charge < -0.3 is 14.5 Å². The summed E-state index contributed by atoms with van der Waals surface area (Å²) in [6, 6.07) is 15.9. The molecule has 2 aromatic carbocycles. The van der Waals surface area contributed by atoms with Gasteiger partial charge in [0, 0.05) is 25.3 Å². The highest BCUT2D eigenvalue weighted by molar-refractivity contribution is 6.34. The maximum Gasteiger partial charge on any atom is 0.255 e. The Morgan fingerprint density at radius 3 is 2.54 bits per heavy atom. The van der Waals surface area contributed by atoms with Crippen molar-refractivity contribution in [2.24, 2.45) is 5.92 Å².